The Labute approximate surface area is 188 Å². The summed E-state index contributed by atoms with van der Waals surface area (Å²) in [6.45, 7) is 4.62. The predicted octanol–water partition coefficient (Wildman–Crippen LogP) is 3.21. The lowest BCUT2D eigenvalue weighted by Gasteiger charge is -2.33. The van der Waals surface area contributed by atoms with Crippen molar-refractivity contribution in [3.8, 4) is 6.07 Å². The minimum absolute atomic E-state index is 0.207. The molecular formula is C21H21F3N4O3S. The maximum Gasteiger partial charge on any atom is 0.417 e. The predicted molar refractivity (Wildman–Crippen MR) is 113 cm³/mol. The molecule has 0 unspecified atom stereocenters. The lowest BCUT2D eigenvalue weighted by molar-refractivity contribution is -0.138. The van der Waals surface area contributed by atoms with Crippen LogP contribution in [0.4, 0.5) is 23.7 Å². The van der Waals surface area contributed by atoms with E-state index in [-0.39, 0.29) is 22.1 Å². The van der Waals surface area contributed by atoms with Crippen LogP contribution in [0.5, 0.6) is 0 Å². The number of carbonyl (C=O) groups is 3. The van der Waals surface area contributed by atoms with Crippen LogP contribution < -0.4 is 4.90 Å². The van der Waals surface area contributed by atoms with Crippen molar-refractivity contribution >= 4 is 35.4 Å². The van der Waals surface area contributed by atoms with E-state index in [4.69, 9.17) is 5.26 Å². The molecule has 3 rings (SSSR count). The fourth-order valence-electron chi connectivity index (χ4n) is 3.86. The maximum absolute atomic E-state index is 13.3. The highest BCUT2D eigenvalue weighted by atomic mass is 32.1. The van der Waals surface area contributed by atoms with E-state index in [1.807, 2.05) is 0 Å². The first-order valence-electron chi connectivity index (χ1n) is 9.94. The topological polar surface area (TPSA) is 84.7 Å². The average Bonchev–Trinajstić information content (AvgIpc) is 2.96. The SMILES string of the molecule is CC1=C(CCCN2CCN(C(=O)S)CC2)C(=O)N(c2ccc(C#N)c(C(F)(F)F)c2)C1=O. The molecule has 0 aliphatic carbocycles. The van der Waals surface area contributed by atoms with Gasteiger partial charge in [-0.15, -0.1) is 0 Å². The molecular weight excluding hydrogens is 445 g/mol. The molecule has 32 heavy (non-hydrogen) atoms. The maximum atomic E-state index is 13.3. The summed E-state index contributed by atoms with van der Waals surface area (Å²) in [5.74, 6) is -1.31. The Balaban J connectivity index is 1.68. The Morgan fingerprint density at radius 3 is 2.38 bits per heavy atom. The number of rotatable bonds is 5. The van der Waals surface area contributed by atoms with Gasteiger partial charge >= 0.3 is 6.18 Å². The van der Waals surface area contributed by atoms with Gasteiger partial charge in [0.15, 0.2) is 0 Å². The van der Waals surface area contributed by atoms with Gasteiger partial charge in [0, 0.05) is 37.3 Å². The third-order valence-electron chi connectivity index (χ3n) is 5.67. The molecule has 0 radical (unpaired) electrons. The summed E-state index contributed by atoms with van der Waals surface area (Å²) >= 11 is 3.81. The molecule has 11 heteroatoms. The van der Waals surface area contributed by atoms with Crippen LogP contribution in [0.15, 0.2) is 29.3 Å². The summed E-state index contributed by atoms with van der Waals surface area (Å²) in [6, 6.07) is 4.27. The van der Waals surface area contributed by atoms with Crippen LogP contribution in [-0.4, -0.2) is 59.6 Å². The minimum Gasteiger partial charge on any atom is -0.331 e. The number of imide groups is 1. The molecule has 3 amide bonds. The number of halogens is 3. The van der Waals surface area contributed by atoms with Crippen molar-refractivity contribution in [2.24, 2.45) is 0 Å². The number of piperazine rings is 1. The molecule has 170 valence electrons. The lowest BCUT2D eigenvalue weighted by Crippen LogP contribution is -2.47. The lowest BCUT2D eigenvalue weighted by atomic mass is 10.1. The van der Waals surface area contributed by atoms with Gasteiger partial charge in [-0.3, -0.25) is 19.3 Å². The van der Waals surface area contributed by atoms with Gasteiger partial charge in [0.1, 0.15) is 0 Å². The number of thiol groups is 1. The summed E-state index contributed by atoms with van der Waals surface area (Å²) in [7, 11) is 0. The van der Waals surface area contributed by atoms with Gasteiger partial charge in [0.2, 0.25) is 0 Å². The highest BCUT2D eigenvalue weighted by Gasteiger charge is 2.39. The van der Waals surface area contributed by atoms with Gasteiger partial charge in [0.05, 0.1) is 22.9 Å². The summed E-state index contributed by atoms with van der Waals surface area (Å²) in [6.07, 6.45) is -3.91. The summed E-state index contributed by atoms with van der Waals surface area (Å²) < 4.78 is 39.8. The second-order valence-corrected chi connectivity index (χ2v) is 7.99. The second kappa shape index (κ2) is 9.34. The van der Waals surface area contributed by atoms with Gasteiger partial charge in [-0.1, -0.05) is 12.6 Å². The van der Waals surface area contributed by atoms with Gasteiger partial charge in [0.25, 0.3) is 17.1 Å². The second-order valence-electron chi connectivity index (χ2n) is 7.60. The molecule has 1 aromatic rings. The van der Waals surface area contributed by atoms with Crippen molar-refractivity contribution in [3.05, 3.63) is 40.5 Å². The zero-order valence-corrected chi connectivity index (χ0v) is 18.2. The molecule has 2 aliphatic heterocycles. The molecule has 0 atom stereocenters. The normalized spacial score (nSPS) is 17.9. The first-order valence-corrected chi connectivity index (χ1v) is 10.4. The van der Waals surface area contributed by atoms with Crippen molar-refractivity contribution in [2.75, 3.05) is 37.6 Å². The van der Waals surface area contributed by atoms with Gasteiger partial charge < -0.3 is 4.90 Å². The number of benzene rings is 1. The molecule has 0 N–H and O–H groups in total. The monoisotopic (exact) mass is 466 g/mol. The molecule has 1 saturated heterocycles. The number of carbonyl (C=O) groups excluding carboxylic acids is 3. The van der Waals surface area contributed by atoms with Gasteiger partial charge in [-0.05, 0) is 44.5 Å². The Morgan fingerprint density at radius 1 is 1.16 bits per heavy atom. The number of nitriles is 1. The first-order chi connectivity index (χ1) is 15.0. The summed E-state index contributed by atoms with van der Waals surface area (Å²) in [4.78, 5) is 41.3. The number of amides is 3. The zero-order valence-electron chi connectivity index (χ0n) is 17.3. The average molecular weight is 466 g/mol. The van der Waals surface area contributed by atoms with Crippen LogP contribution in [0.3, 0.4) is 0 Å². The highest BCUT2D eigenvalue weighted by molar-refractivity contribution is 7.96. The quantitative estimate of drug-likeness (QED) is 0.532. The number of alkyl halides is 3. The fourth-order valence-corrected chi connectivity index (χ4v) is 4.06. The van der Waals surface area contributed by atoms with E-state index in [9.17, 15) is 27.6 Å². The van der Waals surface area contributed by atoms with E-state index in [0.717, 1.165) is 11.0 Å². The number of anilines is 1. The van der Waals surface area contributed by atoms with Crippen LogP contribution in [0.1, 0.15) is 30.9 Å². The van der Waals surface area contributed by atoms with E-state index < -0.39 is 29.1 Å². The molecule has 0 spiro atoms. The van der Waals surface area contributed by atoms with Gasteiger partial charge in [-0.25, -0.2) is 4.90 Å². The van der Waals surface area contributed by atoms with Crippen molar-refractivity contribution in [1.29, 1.82) is 5.26 Å². The molecule has 1 fully saturated rings. The largest absolute Gasteiger partial charge is 0.417 e. The number of nitrogens with zero attached hydrogens (tertiary/aromatic N) is 4. The summed E-state index contributed by atoms with van der Waals surface area (Å²) in [5, 5.41) is 8.67. The van der Waals surface area contributed by atoms with Crippen LogP contribution in [0.2, 0.25) is 0 Å². The molecule has 2 heterocycles. The molecule has 0 aromatic heterocycles. The first kappa shape index (κ1) is 23.8. The molecule has 1 aromatic carbocycles. The fraction of sp³-hybridized carbons (Fsp3) is 0.429. The Hall–Kier alpha value is -2.84. The standard InChI is InChI=1S/C21H21F3N4O3S/c1-13-16(3-2-6-26-7-9-27(10-8-26)20(31)32)19(30)28(18(13)29)15-5-4-14(12-25)17(11-15)21(22,23)24/h4-5,11H,2-3,6-10H2,1H3,(H,31,32). The van der Waals surface area contributed by atoms with Crippen LogP contribution in [0, 0.1) is 11.3 Å². The van der Waals surface area contributed by atoms with Crippen LogP contribution >= 0.6 is 12.6 Å². The third-order valence-corrected chi connectivity index (χ3v) is 5.95. The Bertz CT molecular complexity index is 1020. The molecule has 2 aliphatic rings. The van der Waals surface area contributed by atoms with E-state index >= 15 is 0 Å². The zero-order chi connectivity index (χ0) is 23.6. The Morgan fingerprint density at radius 2 is 1.81 bits per heavy atom. The number of hydrogen-bond acceptors (Lipinski definition) is 5. The highest BCUT2D eigenvalue weighted by Crippen LogP contribution is 2.36. The van der Waals surface area contributed by atoms with Crippen molar-refractivity contribution < 1.29 is 27.6 Å². The smallest absolute Gasteiger partial charge is 0.331 e. The molecule has 7 nitrogen and oxygen atoms in total. The van der Waals surface area contributed by atoms with Crippen molar-refractivity contribution in [2.45, 2.75) is 25.9 Å². The van der Waals surface area contributed by atoms with E-state index in [0.29, 0.717) is 51.6 Å². The van der Waals surface area contributed by atoms with Crippen molar-refractivity contribution in [3.63, 3.8) is 0 Å². The van der Waals surface area contributed by atoms with E-state index in [1.54, 1.807) is 4.90 Å². The van der Waals surface area contributed by atoms with Crippen LogP contribution in [0.25, 0.3) is 0 Å². The molecule has 0 saturated carbocycles. The number of hydrogen-bond donors (Lipinski definition) is 1. The minimum atomic E-state index is -4.79. The third kappa shape index (κ3) is 4.81. The van der Waals surface area contributed by atoms with E-state index in [1.165, 1.54) is 19.1 Å². The molecule has 0 bridgehead atoms. The summed E-state index contributed by atoms with van der Waals surface area (Å²) in [5.41, 5.74) is -1.50. The van der Waals surface area contributed by atoms with Gasteiger partial charge in [-0.2, -0.15) is 18.4 Å². The Kier molecular flexibility index (Phi) is 6.95. The van der Waals surface area contributed by atoms with E-state index in [2.05, 4.69) is 17.5 Å². The van der Waals surface area contributed by atoms with Crippen molar-refractivity contribution in [1.82, 2.24) is 9.80 Å². The van der Waals surface area contributed by atoms with Crippen LogP contribution in [-0.2, 0) is 15.8 Å².